The Morgan fingerprint density at radius 3 is 2.52 bits per heavy atom. The summed E-state index contributed by atoms with van der Waals surface area (Å²) in [5, 5.41) is 4.35. The zero-order chi connectivity index (χ0) is 18.4. The third-order valence-electron chi connectivity index (χ3n) is 3.93. The van der Waals surface area contributed by atoms with E-state index in [1.807, 2.05) is 0 Å². The Kier molecular flexibility index (Phi) is 4.10. The minimum absolute atomic E-state index is 0.0283. The van der Waals surface area contributed by atoms with Gasteiger partial charge in [0.05, 0.1) is 5.57 Å². The van der Waals surface area contributed by atoms with Gasteiger partial charge in [-0.15, -0.1) is 11.3 Å². The van der Waals surface area contributed by atoms with E-state index in [2.05, 4.69) is 5.16 Å². The Labute approximate surface area is 145 Å². The van der Waals surface area contributed by atoms with Crippen LogP contribution in [0.5, 0.6) is 0 Å². The Hall–Kier alpha value is -2.35. The van der Waals surface area contributed by atoms with Crippen molar-refractivity contribution in [2.75, 3.05) is 7.11 Å². The highest BCUT2D eigenvalue weighted by atomic mass is 32.1. The SMILES string of the molecule is CO/N=C(\C)C1(OC(C)=O)C=C(C(F)(F)F)c2sc3ccccc3c21. The standard InChI is InChI=1S/C17H14F3NO3S/c1-9(21-23-3)16(24-10(2)22)8-12(17(18,19)20)15-14(16)11-6-4-5-7-13(11)25-15/h4-8H,1-3H3/b21-9+. The molecule has 0 saturated heterocycles. The Morgan fingerprint density at radius 2 is 1.92 bits per heavy atom. The number of rotatable bonds is 3. The lowest BCUT2D eigenvalue weighted by Crippen LogP contribution is -2.36. The highest BCUT2D eigenvalue weighted by molar-refractivity contribution is 7.20. The van der Waals surface area contributed by atoms with E-state index < -0.39 is 23.3 Å². The van der Waals surface area contributed by atoms with E-state index >= 15 is 0 Å². The predicted molar refractivity (Wildman–Crippen MR) is 89.4 cm³/mol. The average Bonchev–Trinajstić information content (AvgIpc) is 3.03. The molecule has 0 saturated carbocycles. The number of nitrogens with zero attached hydrogens (tertiary/aromatic N) is 1. The minimum atomic E-state index is -4.59. The molecular weight excluding hydrogens is 355 g/mol. The van der Waals surface area contributed by atoms with Crippen molar-refractivity contribution < 1.29 is 27.5 Å². The largest absolute Gasteiger partial charge is 0.444 e. The topological polar surface area (TPSA) is 47.9 Å². The van der Waals surface area contributed by atoms with Crippen LogP contribution >= 0.6 is 11.3 Å². The predicted octanol–water partition coefficient (Wildman–Crippen LogP) is 4.64. The first-order valence-electron chi connectivity index (χ1n) is 7.31. The fraction of sp³-hybridized carbons (Fsp3) is 0.294. The van der Waals surface area contributed by atoms with E-state index in [-0.39, 0.29) is 16.2 Å². The van der Waals surface area contributed by atoms with Crippen molar-refractivity contribution in [1.82, 2.24) is 0 Å². The third-order valence-corrected chi connectivity index (χ3v) is 5.14. The second-order valence-corrected chi connectivity index (χ2v) is 6.60. The average molecular weight is 369 g/mol. The number of thiophene rings is 1. The minimum Gasteiger partial charge on any atom is -0.444 e. The van der Waals surface area contributed by atoms with E-state index in [9.17, 15) is 18.0 Å². The normalized spacial score (nSPS) is 20.4. The monoisotopic (exact) mass is 369 g/mol. The van der Waals surface area contributed by atoms with Gasteiger partial charge in [-0.3, -0.25) is 4.79 Å². The number of ether oxygens (including phenoxy) is 1. The van der Waals surface area contributed by atoms with Crippen molar-refractivity contribution in [2.45, 2.75) is 25.6 Å². The van der Waals surface area contributed by atoms with Gasteiger partial charge in [0.15, 0.2) is 5.60 Å². The van der Waals surface area contributed by atoms with Gasteiger partial charge >= 0.3 is 12.1 Å². The molecule has 0 amide bonds. The van der Waals surface area contributed by atoms with E-state index in [0.29, 0.717) is 10.1 Å². The molecule has 25 heavy (non-hydrogen) atoms. The van der Waals surface area contributed by atoms with Gasteiger partial charge in [-0.1, -0.05) is 23.4 Å². The van der Waals surface area contributed by atoms with Crippen LogP contribution in [-0.4, -0.2) is 25.0 Å². The molecule has 1 aliphatic rings. The van der Waals surface area contributed by atoms with Gasteiger partial charge in [0.25, 0.3) is 0 Å². The van der Waals surface area contributed by atoms with Gasteiger partial charge in [-0.2, -0.15) is 13.2 Å². The molecule has 0 spiro atoms. The van der Waals surface area contributed by atoms with Gasteiger partial charge < -0.3 is 9.57 Å². The van der Waals surface area contributed by atoms with Crippen LogP contribution in [0.2, 0.25) is 0 Å². The van der Waals surface area contributed by atoms with E-state index in [1.165, 1.54) is 14.0 Å². The maximum Gasteiger partial charge on any atom is 0.417 e. The van der Waals surface area contributed by atoms with Crippen LogP contribution in [0.25, 0.3) is 15.7 Å². The molecule has 1 aliphatic carbocycles. The molecule has 3 rings (SSSR count). The quantitative estimate of drug-likeness (QED) is 0.450. The van der Waals surface area contributed by atoms with Crippen LogP contribution in [0.3, 0.4) is 0 Å². The molecule has 0 radical (unpaired) electrons. The summed E-state index contributed by atoms with van der Waals surface area (Å²) in [7, 11) is 1.28. The summed E-state index contributed by atoms with van der Waals surface area (Å²) < 4.78 is 47.0. The summed E-state index contributed by atoms with van der Waals surface area (Å²) >= 11 is 1.01. The summed E-state index contributed by atoms with van der Waals surface area (Å²) in [6, 6.07) is 6.90. The molecule has 4 nitrogen and oxygen atoms in total. The molecule has 0 aliphatic heterocycles. The zero-order valence-corrected chi connectivity index (χ0v) is 14.4. The number of hydrogen-bond acceptors (Lipinski definition) is 5. The van der Waals surface area contributed by atoms with Crippen molar-refractivity contribution in [3.8, 4) is 0 Å². The van der Waals surface area contributed by atoms with Crippen LogP contribution in [-0.2, 0) is 20.0 Å². The van der Waals surface area contributed by atoms with Gasteiger partial charge in [0.1, 0.15) is 12.8 Å². The Bertz CT molecular complexity index is 913. The smallest absolute Gasteiger partial charge is 0.417 e. The number of fused-ring (bicyclic) bond motifs is 3. The lowest BCUT2D eigenvalue weighted by molar-refractivity contribution is -0.148. The molecule has 1 unspecified atom stereocenters. The number of oxime groups is 1. The van der Waals surface area contributed by atoms with Crippen molar-refractivity contribution in [3.63, 3.8) is 0 Å². The first-order chi connectivity index (χ1) is 11.7. The second kappa shape index (κ2) is 5.87. The summed E-state index contributed by atoms with van der Waals surface area (Å²) in [6.45, 7) is 2.62. The molecule has 0 fully saturated rings. The number of hydrogen-bond donors (Lipinski definition) is 0. The summed E-state index contributed by atoms with van der Waals surface area (Å²) in [4.78, 5) is 16.5. The second-order valence-electron chi connectivity index (χ2n) is 5.55. The van der Waals surface area contributed by atoms with Crippen LogP contribution in [0.15, 0.2) is 35.5 Å². The maximum atomic E-state index is 13.6. The first-order valence-corrected chi connectivity index (χ1v) is 8.12. The highest BCUT2D eigenvalue weighted by Gasteiger charge is 2.53. The van der Waals surface area contributed by atoms with Gasteiger partial charge in [-0.05, 0) is 19.1 Å². The number of esters is 1. The van der Waals surface area contributed by atoms with E-state index in [1.54, 1.807) is 24.3 Å². The molecule has 1 atom stereocenters. The summed E-state index contributed by atoms with van der Waals surface area (Å²) in [5.74, 6) is -0.716. The zero-order valence-electron chi connectivity index (χ0n) is 13.6. The van der Waals surface area contributed by atoms with E-state index in [4.69, 9.17) is 9.57 Å². The summed E-state index contributed by atoms with van der Waals surface area (Å²) in [6.07, 6.45) is -3.68. The number of alkyl halides is 3. The van der Waals surface area contributed by atoms with Crippen LogP contribution in [0.4, 0.5) is 13.2 Å². The molecule has 2 aromatic rings. The number of carbonyl (C=O) groups excluding carboxylic acids is 1. The van der Waals surface area contributed by atoms with Crippen molar-refractivity contribution in [3.05, 3.63) is 40.8 Å². The van der Waals surface area contributed by atoms with Crippen molar-refractivity contribution in [1.29, 1.82) is 0 Å². The number of carbonyl (C=O) groups is 1. The van der Waals surface area contributed by atoms with Crippen LogP contribution in [0.1, 0.15) is 24.3 Å². The molecule has 0 bridgehead atoms. The third kappa shape index (κ3) is 2.70. The number of allylic oxidation sites excluding steroid dienone is 1. The molecule has 132 valence electrons. The van der Waals surface area contributed by atoms with Crippen molar-refractivity contribution in [2.24, 2.45) is 5.16 Å². The molecule has 1 aromatic heterocycles. The lowest BCUT2D eigenvalue weighted by Gasteiger charge is -2.27. The van der Waals surface area contributed by atoms with Gasteiger partial charge in [0.2, 0.25) is 0 Å². The fourth-order valence-corrected chi connectivity index (χ4v) is 4.32. The molecule has 0 N–H and O–H groups in total. The Balaban J connectivity index is 2.41. The summed E-state index contributed by atoms with van der Waals surface area (Å²) in [5.41, 5.74) is -2.21. The van der Waals surface area contributed by atoms with Crippen LogP contribution in [0, 0.1) is 0 Å². The van der Waals surface area contributed by atoms with Gasteiger partial charge in [-0.25, -0.2) is 0 Å². The highest BCUT2D eigenvalue weighted by Crippen LogP contribution is 2.54. The van der Waals surface area contributed by atoms with Gasteiger partial charge in [0, 0.05) is 27.5 Å². The molecule has 8 heteroatoms. The molecular formula is C17H14F3NO3S. The number of halogens is 3. The van der Waals surface area contributed by atoms with Crippen molar-refractivity contribution >= 4 is 38.7 Å². The Morgan fingerprint density at radius 1 is 1.24 bits per heavy atom. The van der Waals surface area contributed by atoms with E-state index in [0.717, 1.165) is 24.3 Å². The molecule has 1 heterocycles. The lowest BCUT2D eigenvalue weighted by atomic mass is 9.91. The maximum absolute atomic E-state index is 13.6. The molecule has 1 aromatic carbocycles. The first kappa shape index (κ1) is 17.5. The number of benzene rings is 1. The fourth-order valence-electron chi connectivity index (χ4n) is 3.03. The van der Waals surface area contributed by atoms with Crippen LogP contribution < -0.4 is 0 Å².